The Balaban J connectivity index is 1.33. The molecule has 0 fully saturated rings. The first-order valence-corrected chi connectivity index (χ1v) is 9.71. The van der Waals surface area contributed by atoms with Gasteiger partial charge in [-0.2, -0.15) is 0 Å². The number of carbonyl (C=O) groups excluding carboxylic acids is 1. The quantitative estimate of drug-likeness (QED) is 0.472. The van der Waals surface area contributed by atoms with E-state index in [4.69, 9.17) is 21.4 Å². The lowest BCUT2D eigenvalue weighted by atomic mass is 10.1. The first-order chi connectivity index (χ1) is 14.6. The van der Waals surface area contributed by atoms with Gasteiger partial charge in [-0.05, 0) is 66.3 Å². The minimum Gasteiger partial charge on any atom is -0.497 e. The molecule has 3 aromatic carbocycles. The molecule has 30 heavy (non-hydrogen) atoms. The molecule has 4 aromatic rings. The maximum absolute atomic E-state index is 12.2. The lowest BCUT2D eigenvalue weighted by molar-refractivity contribution is 0.0976. The number of nitrogens with one attached hydrogen (secondary N) is 2. The van der Waals surface area contributed by atoms with Crippen LogP contribution in [0.25, 0.3) is 22.6 Å². The van der Waals surface area contributed by atoms with Crippen LogP contribution in [0.4, 0.5) is 0 Å². The summed E-state index contributed by atoms with van der Waals surface area (Å²) in [6.07, 6.45) is 0. The lowest BCUT2D eigenvalue weighted by Crippen LogP contribution is -2.38. The number of carbonyl (C=O) groups is 1. The first-order valence-electron chi connectivity index (χ1n) is 9.30. The van der Waals surface area contributed by atoms with E-state index in [1.165, 1.54) is 0 Å². The fourth-order valence-electron chi connectivity index (χ4n) is 2.91. The van der Waals surface area contributed by atoms with Crippen molar-refractivity contribution in [1.82, 2.24) is 15.6 Å². The summed E-state index contributed by atoms with van der Waals surface area (Å²) in [5, 5.41) is 5.97. The Labute approximate surface area is 178 Å². The second-order valence-electron chi connectivity index (χ2n) is 6.55. The SMILES string of the molecule is COc1ccc(C(=O)NC(=S)NCc2ccc(-c3nc4ccccc4o3)cc2)cc1. The highest BCUT2D eigenvalue weighted by atomic mass is 32.1. The fourth-order valence-corrected chi connectivity index (χ4v) is 3.07. The number of hydrogen-bond acceptors (Lipinski definition) is 5. The number of para-hydroxylation sites is 2. The van der Waals surface area contributed by atoms with Gasteiger partial charge in [-0.3, -0.25) is 10.1 Å². The third-order valence-electron chi connectivity index (χ3n) is 4.53. The molecule has 7 heteroatoms. The maximum Gasteiger partial charge on any atom is 0.257 e. The monoisotopic (exact) mass is 417 g/mol. The molecule has 0 aliphatic rings. The Morgan fingerprint density at radius 1 is 1.03 bits per heavy atom. The van der Waals surface area contributed by atoms with Gasteiger partial charge >= 0.3 is 0 Å². The zero-order valence-corrected chi connectivity index (χ0v) is 17.0. The molecule has 0 aliphatic carbocycles. The number of hydrogen-bond donors (Lipinski definition) is 2. The number of thiocarbonyl (C=S) groups is 1. The van der Waals surface area contributed by atoms with Crippen LogP contribution in [0, 0.1) is 0 Å². The van der Waals surface area contributed by atoms with Crippen LogP contribution in [0.1, 0.15) is 15.9 Å². The van der Waals surface area contributed by atoms with E-state index in [1.54, 1.807) is 31.4 Å². The van der Waals surface area contributed by atoms with Crippen molar-refractivity contribution in [2.24, 2.45) is 0 Å². The Morgan fingerprint density at radius 2 is 1.77 bits per heavy atom. The zero-order chi connectivity index (χ0) is 20.9. The van der Waals surface area contributed by atoms with E-state index in [1.807, 2.05) is 48.5 Å². The highest BCUT2D eigenvalue weighted by Crippen LogP contribution is 2.24. The summed E-state index contributed by atoms with van der Waals surface area (Å²) in [5.74, 6) is 0.994. The van der Waals surface area contributed by atoms with Gasteiger partial charge in [-0.25, -0.2) is 4.98 Å². The Morgan fingerprint density at radius 3 is 2.47 bits per heavy atom. The van der Waals surface area contributed by atoms with Crippen molar-refractivity contribution < 1.29 is 13.9 Å². The Bertz CT molecular complexity index is 1150. The molecule has 150 valence electrons. The summed E-state index contributed by atoms with van der Waals surface area (Å²) in [6.45, 7) is 0.482. The fraction of sp³-hybridized carbons (Fsp3) is 0.0870. The molecule has 0 unspecified atom stereocenters. The molecule has 1 amide bonds. The third kappa shape index (κ3) is 4.47. The summed E-state index contributed by atoms with van der Waals surface area (Å²) in [6, 6.07) is 22.3. The van der Waals surface area contributed by atoms with Crippen molar-refractivity contribution in [3.63, 3.8) is 0 Å². The summed E-state index contributed by atoms with van der Waals surface area (Å²) >= 11 is 5.22. The molecule has 0 spiro atoms. The average molecular weight is 417 g/mol. The molecule has 0 saturated carbocycles. The number of rotatable bonds is 5. The van der Waals surface area contributed by atoms with Crippen molar-refractivity contribution in [3.8, 4) is 17.2 Å². The van der Waals surface area contributed by atoms with Gasteiger partial charge in [0.05, 0.1) is 7.11 Å². The lowest BCUT2D eigenvalue weighted by Gasteiger charge is -2.10. The van der Waals surface area contributed by atoms with Gasteiger partial charge in [0.1, 0.15) is 11.3 Å². The van der Waals surface area contributed by atoms with E-state index in [-0.39, 0.29) is 11.0 Å². The number of methoxy groups -OCH3 is 1. The van der Waals surface area contributed by atoms with E-state index in [0.717, 1.165) is 22.2 Å². The number of benzene rings is 3. The zero-order valence-electron chi connectivity index (χ0n) is 16.2. The van der Waals surface area contributed by atoms with Crippen LogP contribution in [0.2, 0.25) is 0 Å². The predicted molar refractivity (Wildman–Crippen MR) is 119 cm³/mol. The van der Waals surface area contributed by atoms with Gasteiger partial charge in [-0.1, -0.05) is 24.3 Å². The number of fused-ring (bicyclic) bond motifs is 1. The average Bonchev–Trinajstić information content (AvgIpc) is 3.22. The van der Waals surface area contributed by atoms with Gasteiger partial charge < -0.3 is 14.5 Å². The molecular weight excluding hydrogens is 398 g/mol. The van der Waals surface area contributed by atoms with Gasteiger partial charge in [-0.15, -0.1) is 0 Å². The summed E-state index contributed by atoms with van der Waals surface area (Å²) in [4.78, 5) is 16.7. The normalized spacial score (nSPS) is 10.6. The second kappa shape index (κ2) is 8.75. The molecule has 1 heterocycles. The summed E-state index contributed by atoms with van der Waals surface area (Å²) < 4.78 is 10.9. The van der Waals surface area contributed by atoms with Gasteiger partial charge in [0.15, 0.2) is 10.7 Å². The first kappa shape index (κ1) is 19.6. The van der Waals surface area contributed by atoms with Crippen LogP contribution in [-0.2, 0) is 6.54 Å². The maximum atomic E-state index is 12.2. The highest BCUT2D eigenvalue weighted by molar-refractivity contribution is 7.80. The van der Waals surface area contributed by atoms with Crippen molar-refractivity contribution in [1.29, 1.82) is 0 Å². The molecule has 0 atom stereocenters. The number of ether oxygens (including phenoxy) is 1. The van der Waals surface area contributed by atoms with Crippen LogP contribution in [0.5, 0.6) is 5.75 Å². The highest BCUT2D eigenvalue weighted by Gasteiger charge is 2.09. The van der Waals surface area contributed by atoms with Gasteiger partial charge in [0, 0.05) is 17.7 Å². The second-order valence-corrected chi connectivity index (χ2v) is 6.96. The van der Waals surface area contributed by atoms with E-state index < -0.39 is 0 Å². The van der Waals surface area contributed by atoms with Crippen molar-refractivity contribution in [2.75, 3.05) is 7.11 Å². The van der Waals surface area contributed by atoms with E-state index >= 15 is 0 Å². The van der Waals surface area contributed by atoms with Crippen LogP contribution < -0.4 is 15.4 Å². The minimum atomic E-state index is -0.276. The van der Waals surface area contributed by atoms with E-state index in [2.05, 4.69) is 15.6 Å². The molecule has 0 radical (unpaired) electrons. The molecular formula is C23H19N3O3S. The smallest absolute Gasteiger partial charge is 0.257 e. The third-order valence-corrected chi connectivity index (χ3v) is 4.77. The molecule has 0 aliphatic heterocycles. The molecule has 1 aromatic heterocycles. The van der Waals surface area contributed by atoms with Crippen LogP contribution in [0.15, 0.2) is 77.2 Å². The Hall–Kier alpha value is -3.71. The van der Waals surface area contributed by atoms with Crippen LogP contribution in [-0.4, -0.2) is 23.1 Å². The molecule has 6 nitrogen and oxygen atoms in total. The van der Waals surface area contributed by atoms with Crippen LogP contribution >= 0.6 is 12.2 Å². The summed E-state index contributed by atoms with van der Waals surface area (Å²) in [5.41, 5.74) is 4.00. The Kier molecular flexibility index (Phi) is 5.72. The number of aromatic nitrogens is 1. The molecule has 0 saturated heterocycles. The van der Waals surface area contributed by atoms with Crippen molar-refractivity contribution in [2.45, 2.75) is 6.54 Å². The largest absolute Gasteiger partial charge is 0.497 e. The number of amides is 1. The minimum absolute atomic E-state index is 0.263. The number of oxazole rings is 1. The number of nitrogens with zero attached hydrogens (tertiary/aromatic N) is 1. The summed E-state index contributed by atoms with van der Waals surface area (Å²) in [7, 11) is 1.58. The molecule has 0 bridgehead atoms. The molecule has 2 N–H and O–H groups in total. The standard InChI is InChI=1S/C23H19N3O3S/c1-28-18-12-10-16(11-13-18)21(27)26-23(30)24-14-15-6-8-17(9-7-15)22-25-19-4-2-3-5-20(19)29-22/h2-13H,14H2,1H3,(H2,24,26,27,30). The molecule has 4 rings (SSSR count). The van der Waals surface area contributed by atoms with Crippen LogP contribution in [0.3, 0.4) is 0 Å². The van der Waals surface area contributed by atoms with E-state index in [0.29, 0.717) is 23.7 Å². The van der Waals surface area contributed by atoms with Crippen molar-refractivity contribution >= 4 is 34.3 Å². The van der Waals surface area contributed by atoms with E-state index in [9.17, 15) is 4.79 Å². The van der Waals surface area contributed by atoms with Gasteiger partial charge in [0.2, 0.25) is 5.89 Å². The topological polar surface area (TPSA) is 76.4 Å². The van der Waals surface area contributed by atoms with Gasteiger partial charge in [0.25, 0.3) is 5.91 Å². The van der Waals surface area contributed by atoms with Crippen molar-refractivity contribution in [3.05, 3.63) is 83.9 Å². The predicted octanol–water partition coefficient (Wildman–Crippen LogP) is 4.31.